The Kier molecular flexibility index (Phi) is 3.71. The topological polar surface area (TPSA) is 47.9 Å². The van der Waals surface area contributed by atoms with E-state index in [1.54, 1.807) is 12.1 Å². The highest BCUT2D eigenvalue weighted by atomic mass is 35.5. The van der Waals surface area contributed by atoms with Crippen LogP contribution in [0.5, 0.6) is 5.75 Å². The zero-order valence-electron chi connectivity index (χ0n) is 15.1. The third kappa shape index (κ3) is 2.78. The summed E-state index contributed by atoms with van der Waals surface area (Å²) >= 11 is 6.88. The van der Waals surface area contributed by atoms with Gasteiger partial charge in [0.2, 0.25) is 5.90 Å². The van der Waals surface area contributed by atoms with Gasteiger partial charge in [-0.1, -0.05) is 6.07 Å². The third-order valence-corrected chi connectivity index (χ3v) is 6.99. The first-order valence-electron chi connectivity index (χ1n) is 9.44. The normalized spacial score (nSPS) is 38.3. The molecule has 0 radical (unpaired) electrons. The lowest BCUT2D eigenvalue weighted by Crippen LogP contribution is -2.56. The van der Waals surface area contributed by atoms with Gasteiger partial charge >= 0.3 is 5.97 Å². The Balaban J connectivity index is 1.47. The summed E-state index contributed by atoms with van der Waals surface area (Å²) in [7, 11) is 1.41. The zero-order chi connectivity index (χ0) is 18.8. The van der Waals surface area contributed by atoms with Gasteiger partial charge in [0, 0.05) is 10.3 Å². The number of alkyl halides is 1. The molecule has 4 atom stereocenters. The van der Waals surface area contributed by atoms with Crippen molar-refractivity contribution in [3.05, 3.63) is 35.3 Å². The minimum atomic E-state index is -0.479. The molecule has 1 aliphatic heterocycles. The quantitative estimate of drug-likeness (QED) is 0.427. The number of methoxy groups -OCH3 is 1. The molecule has 4 nitrogen and oxygen atoms in total. The maximum atomic E-state index is 13.9. The fourth-order valence-electron chi connectivity index (χ4n) is 5.97. The van der Waals surface area contributed by atoms with Crippen molar-refractivity contribution in [2.24, 2.45) is 22.2 Å². The summed E-state index contributed by atoms with van der Waals surface area (Å²) in [6, 6.07) is 4.54. The van der Waals surface area contributed by atoms with E-state index in [1.807, 2.05) is 0 Å². The number of benzene rings is 1. The number of cyclic esters (lactones) is 1. The van der Waals surface area contributed by atoms with Gasteiger partial charge in [0.05, 0.1) is 7.11 Å². The number of hydrogen-bond donors (Lipinski definition) is 0. The van der Waals surface area contributed by atoms with Crippen molar-refractivity contribution < 1.29 is 18.7 Å². The summed E-state index contributed by atoms with van der Waals surface area (Å²) < 4.78 is 24.5. The van der Waals surface area contributed by atoms with Crippen molar-refractivity contribution in [2.75, 3.05) is 7.11 Å². The van der Waals surface area contributed by atoms with E-state index in [-0.39, 0.29) is 21.7 Å². The van der Waals surface area contributed by atoms with E-state index >= 15 is 0 Å². The fourth-order valence-corrected chi connectivity index (χ4v) is 6.66. The van der Waals surface area contributed by atoms with Crippen LogP contribution in [0, 0.1) is 23.1 Å². The lowest BCUT2D eigenvalue weighted by Gasteiger charge is -2.59. The molecule has 5 aliphatic rings. The number of carbonyl (C=O) groups excluding carboxylic acids is 1. The number of nitrogens with zero attached hydrogens (tertiary/aromatic N) is 1. The second kappa shape index (κ2) is 5.81. The predicted octanol–water partition coefficient (Wildman–Crippen LogP) is 4.71. The standard InChI is InChI=1S/C21H21ClFNO3/c1-26-17-3-2-12(5-15(17)23)6-16-18(25)27-19(24-16)20-7-13-4-14(8-20)10-21(22,9-13)11-20/h2-3,5-6,13-14H,4,7-11H2,1H3/b16-6-/t13-,14+,20?,21?. The van der Waals surface area contributed by atoms with E-state index in [0.717, 1.165) is 32.1 Å². The summed E-state index contributed by atoms with van der Waals surface area (Å²) in [5.74, 6) is 0.916. The molecule has 4 aliphatic carbocycles. The van der Waals surface area contributed by atoms with Crippen LogP contribution < -0.4 is 4.74 Å². The average molecular weight is 390 g/mol. The Bertz CT molecular complexity index is 879. The molecule has 0 aromatic heterocycles. The molecule has 0 saturated heterocycles. The van der Waals surface area contributed by atoms with Crippen LogP contribution in [0.25, 0.3) is 6.08 Å². The largest absolute Gasteiger partial charge is 0.494 e. The number of carbonyl (C=O) groups is 1. The molecule has 142 valence electrons. The molecule has 4 fully saturated rings. The van der Waals surface area contributed by atoms with E-state index in [4.69, 9.17) is 21.1 Å². The first-order valence-corrected chi connectivity index (χ1v) is 9.81. The fraction of sp³-hybridized carbons (Fsp3) is 0.524. The van der Waals surface area contributed by atoms with Crippen LogP contribution in [0.1, 0.15) is 44.1 Å². The zero-order valence-corrected chi connectivity index (χ0v) is 15.9. The third-order valence-electron chi connectivity index (χ3n) is 6.54. The Morgan fingerprint density at radius 1 is 1.30 bits per heavy atom. The van der Waals surface area contributed by atoms with Gasteiger partial charge in [0.25, 0.3) is 0 Å². The SMILES string of the molecule is COc1ccc(/C=C2\N=C(C34C[C@@H]5C[C@@H](CC(Cl)(C5)C3)C4)OC2=O)cc1F. The first-order chi connectivity index (χ1) is 12.9. The van der Waals surface area contributed by atoms with Crippen molar-refractivity contribution >= 4 is 29.5 Å². The molecule has 27 heavy (non-hydrogen) atoms. The number of aliphatic imine (C=N–C) groups is 1. The minimum Gasteiger partial charge on any atom is -0.494 e. The highest BCUT2D eigenvalue weighted by Gasteiger charge is 2.60. The maximum absolute atomic E-state index is 13.9. The van der Waals surface area contributed by atoms with Gasteiger partial charge in [-0.3, -0.25) is 0 Å². The Morgan fingerprint density at radius 3 is 2.67 bits per heavy atom. The summed E-state index contributed by atoms with van der Waals surface area (Å²) in [6.07, 6.45) is 7.72. The second-order valence-electron chi connectivity index (χ2n) is 8.62. The molecular formula is C21H21ClFNO3. The van der Waals surface area contributed by atoms with Crippen LogP contribution in [0.3, 0.4) is 0 Å². The molecule has 6 rings (SSSR count). The van der Waals surface area contributed by atoms with Gasteiger partial charge in [-0.15, -0.1) is 11.6 Å². The lowest BCUT2D eigenvalue weighted by molar-refractivity contribution is -0.131. The van der Waals surface area contributed by atoms with Crippen molar-refractivity contribution in [3.63, 3.8) is 0 Å². The van der Waals surface area contributed by atoms with Gasteiger partial charge in [-0.05, 0) is 74.1 Å². The maximum Gasteiger partial charge on any atom is 0.363 e. The molecule has 1 aromatic carbocycles. The van der Waals surface area contributed by atoms with E-state index in [0.29, 0.717) is 23.3 Å². The first kappa shape index (κ1) is 17.2. The number of hydrogen-bond acceptors (Lipinski definition) is 4. The van der Waals surface area contributed by atoms with Gasteiger partial charge in [0.1, 0.15) is 0 Å². The number of rotatable bonds is 3. The molecular weight excluding hydrogens is 369 g/mol. The molecule has 0 N–H and O–H groups in total. The highest BCUT2D eigenvalue weighted by Crippen LogP contribution is 2.64. The van der Waals surface area contributed by atoms with Gasteiger partial charge in [-0.25, -0.2) is 14.2 Å². The molecule has 6 heteroatoms. The Hall–Kier alpha value is -1.88. The second-order valence-corrected chi connectivity index (χ2v) is 9.42. The van der Waals surface area contributed by atoms with Crippen LogP contribution in [-0.4, -0.2) is 23.9 Å². The monoisotopic (exact) mass is 389 g/mol. The van der Waals surface area contributed by atoms with Gasteiger partial charge in [0.15, 0.2) is 17.3 Å². The molecule has 0 amide bonds. The van der Waals surface area contributed by atoms with Crippen molar-refractivity contribution in [3.8, 4) is 5.75 Å². The smallest absolute Gasteiger partial charge is 0.363 e. The summed E-state index contributed by atoms with van der Waals surface area (Å²) in [5, 5.41) is 0. The summed E-state index contributed by atoms with van der Waals surface area (Å²) in [4.78, 5) is 16.8. The van der Waals surface area contributed by atoms with E-state index < -0.39 is 11.8 Å². The Labute approximate surface area is 162 Å². The number of ether oxygens (including phenoxy) is 2. The van der Waals surface area contributed by atoms with Crippen LogP contribution in [0.4, 0.5) is 4.39 Å². The average Bonchev–Trinajstić information content (AvgIpc) is 2.94. The van der Waals surface area contributed by atoms with Crippen molar-refractivity contribution in [1.29, 1.82) is 0 Å². The van der Waals surface area contributed by atoms with E-state index in [9.17, 15) is 9.18 Å². The van der Waals surface area contributed by atoms with Crippen LogP contribution >= 0.6 is 11.6 Å². The van der Waals surface area contributed by atoms with Crippen LogP contribution in [0.15, 0.2) is 28.9 Å². The van der Waals surface area contributed by atoms with E-state index in [1.165, 1.54) is 25.7 Å². The van der Waals surface area contributed by atoms with Gasteiger partial charge in [-0.2, -0.15) is 0 Å². The van der Waals surface area contributed by atoms with Crippen LogP contribution in [0.2, 0.25) is 0 Å². The molecule has 4 saturated carbocycles. The number of halogens is 2. The van der Waals surface area contributed by atoms with Crippen LogP contribution in [-0.2, 0) is 9.53 Å². The minimum absolute atomic E-state index is 0.163. The van der Waals surface area contributed by atoms with Crippen molar-refractivity contribution in [2.45, 2.75) is 43.4 Å². The summed E-state index contributed by atoms with van der Waals surface area (Å²) in [5.41, 5.74) is 0.543. The predicted molar refractivity (Wildman–Crippen MR) is 100 cm³/mol. The molecule has 0 spiro atoms. The molecule has 4 bridgehead atoms. The molecule has 1 aromatic rings. The highest BCUT2D eigenvalue weighted by molar-refractivity contribution is 6.24. The van der Waals surface area contributed by atoms with Crippen molar-refractivity contribution in [1.82, 2.24) is 0 Å². The summed E-state index contributed by atoms with van der Waals surface area (Å²) in [6.45, 7) is 0. The van der Waals surface area contributed by atoms with Gasteiger partial charge < -0.3 is 9.47 Å². The number of esters is 1. The molecule has 2 unspecified atom stereocenters. The Morgan fingerprint density at radius 2 is 2.04 bits per heavy atom. The lowest BCUT2D eigenvalue weighted by atomic mass is 9.49. The van der Waals surface area contributed by atoms with E-state index in [2.05, 4.69) is 4.99 Å². The molecule has 1 heterocycles.